The molecule has 2 rings (SSSR count). The van der Waals surface area contributed by atoms with Gasteiger partial charge in [-0.1, -0.05) is 31.5 Å². The van der Waals surface area contributed by atoms with Crippen molar-refractivity contribution in [1.29, 1.82) is 0 Å². The van der Waals surface area contributed by atoms with Gasteiger partial charge in [0, 0.05) is 6.54 Å². The number of hydrogen-bond acceptors (Lipinski definition) is 8. The number of nitrogens with one attached hydrogen (secondary N) is 1. The minimum Gasteiger partial charge on any atom is -0.297 e. The normalized spacial score (nSPS) is 20.9. The van der Waals surface area contributed by atoms with Crippen molar-refractivity contribution in [2.75, 3.05) is 19.0 Å². The topological polar surface area (TPSA) is 133 Å². The summed E-state index contributed by atoms with van der Waals surface area (Å²) in [4.78, 5) is 16.2. The smallest absolute Gasteiger partial charge is 0.234 e. The Balaban J connectivity index is 2.18. The minimum absolute atomic E-state index is 0.00928. The summed E-state index contributed by atoms with van der Waals surface area (Å²) in [5.74, 6) is -0.966. The molecule has 1 heterocycles. The number of nitrogens with zero attached hydrogens (tertiary/aromatic N) is 2. The molecular formula is C16H25N3O7S2. The summed E-state index contributed by atoms with van der Waals surface area (Å²) >= 11 is 0. The van der Waals surface area contributed by atoms with Gasteiger partial charge in [-0.3, -0.25) is 14.8 Å². The van der Waals surface area contributed by atoms with Crippen LogP contribution in [-0.2, 0) is 29.5 Å². The van der Waals surface area contributed by atoms with Crippen LogP contribution in [0, 0.1) is 0 Å². The predicted octanol–water partition coefficient (Wildman–Crippen LogP) is 0.317. The van der Waals surface area contributed by atoms with Gasteiger partial charge in [-0.15, -0.1) is 0 Å². The molecule has 0 spiro atoms. The lowest BCUT2D eigenvalue weighted by molar-refractivity contribution is -0.171. The predicted molar refractivity (Wildman–Crippen MR) is 100.0 cm³/mol. The maximum atomic E-state index is 12.9. The van der Waals surface area contributed by atoms with Gasteiger partial charge < -0.3 is 0 Å². The first-order valence-corrected chi connectivity index (χ1v) is 12.0. The second-order valence-electron chi connectivity index (χ2n) is 6.42. The van der Waals surface area contributed by atoms with E-state index in [2.05, 4.69) is 4.72 Å². The van der Waals surface area contributed by atoms with Crippen LogP contribution in [0.15, 0.2) is 35.2 Å². The average molecular weight is 436 g/mol. The lowest BCUT2D eigenvalue weighted by Gasteiger charge is -2.24. The molecular weight excluding hydrogens is 410 g/mol. The zero-order valence-electron chi connectivity index (χ0n) is 15.5. The van der Waals surface area contributed by atoms with E-state index in [1.807, 2.05) is 6.92 Å². The van der Waals surface area contributed by atoms with Crippen molar-refractivity contribution >= 4 is 26.3 Å². The highest BCUT2D eigenvalue weighted by Gasteiger charge is 2.42. The molecule has 1 saturated heterocycles. The largest absolute Gasteiger partial charge is 0.297 e. The molecule has 0 aromatic heterocycles. The molecule has 0 saturated carbocycles. The number of unbranched alkanes of at least 4 members (excludes halogenated alkanes) is 1. The summed E-state index contributed by atoms with van der Waals surface area (Å²) in [7, 11) is -7.79. The quantitative estimate of drug-likeness (QED) is 0.220. The summed E-state index contributed by atoms with van der Waals surface area (Å²) in [6.45, 7) is 2.27. The molecule has 1 fully saturated rings. The van der Waals surface area contributed by atoms with E-state index in [0.717, 1.165) is 12.8 Å². The van der Waals surface area contributed by atoms with Crippen molar-refractivity contribution in [3.8, 4) is 0 Å². The van der Waals surface area contributed by atoms with Crippen molar-refractivity contribution in [2.45, 2.75) is 42.5 Å². The van der Waals surface area contributed by atoms with Crippen LogP contribution in [0.1, 0.15) is 26.2 Å². The highest BCUT2D eigenvalue weighted by Crippen LogP contribution is 2.27. The zero-order valence-corrected chi connectivity index (χ0v) is 17.1. The van der Waals surface area contributed by atoms with Crippen LogP contribution < -0.4 is 4.72 Å². The van der Waals surface area contributed by atoms with Crippen molar-refractivity contribution in [1.82, 2.24) is 14.8 Å². The molecule has 2 N–H and O–H groups in total. The number of benzene rings is 1. The molecule has 0 bridgehead atoms. The Bertz CT molecular complexity index is 846. The number of carbonyl (C=O) groups is 1. The Morgan fingerprint density at radius 2 is 1.96 bits per heavy atom. The average Bonchev–Trinajstić information content (AvgIpc) is 3.05. The molecule has 1 aliphatic rings. The van der Waals surface area contributed by atoms with Gasteiger partial charge in [0.2, 0.25) is 16.4 Å². The molecule has 12 heteroatoms. The van der Waals surface area contributed by atoms with Crippen LogP contribution in [0.3, 0.4) is 0 Å². The number of sulfonamides is 1. The van der Waals surface area contributed by atoms with E-state index in [1.54, 1.807) is 18.2 Å². The Hall–Kier alpha value is -1.57. The van der Waals surface area contributed by atoms with Gasteiger partial charge in [-0.25, -0.2) is 21.9 Å². The molecule has 1 aromatic carbocycles. The molecule has 158 valence electrons. The summed E-state index contributed by atoms with van der Waals surface area (Å²) in [6, 6.07) is 7.92. The molecule has 0 aliphatic carbocycles. The molecule has 2 atom stereocenters. The molecule has 28 heavy (non-hydrogen) atoms. The van der Waals surface area contributed by atoms with Crippen LogP contribution in [0.4, 0.5) is 0 Å². The summed E-state index contributed by atoms with van der Waals surface area (Å²) < 4.78 is 52.4. The second-order valence-corrected chi connectivity index (χ2v) is 10.4. The van der Waals surface area contributed by atoms with Crippen molar-refractivity contribution < 1.29 is 31.7 Å². The van der Waals surface area contributed by atoms with Crippen LogP contribution in [0.5, 0.6) is 0 Å². The number of amides is 1. The standard InChI is InChI=1S/C16H25N3O7S2/c1-2-3-9-26-19-11-15(28(24,25)14-7-5-4-6-8-14)10-16(19)17-27(22,23)13-18(21)12-20/h4-8,12,15-17,21H,2-3,9-11,13H2,1H3/t15-,16-/m0/s1. The number of hydrogen-bond donors (Lipinski definition) is 2. The van der Waals surface area contributed by atoms with E-state index >= 15 is 0 Å². The minimum atomic E-state index is -4.10. The second kappa shape index (κ2) is 9.76. The Kier molecular flexibility index (Phi) is 7.92. The van der Waals surface area contributed by atoms with Crippen LogP contribution >= 0.6 is 0 Å². The Morgan fingerprint density at radius 3 is 2.57 bits per heavy atom. The van der Waals surface area contributed by atoms with Crippen LogP contribution in [0.2, 0.25) is 0 Å². The monoisotopic (exact) mass is 435 g/mol. The first-order chi connectivity index (χ1) is 13.2. The van der Waals surface area contributed by atoms with Crippen molar-refractivity contribution in [3.63, 3.8) is 0 Å². The third-order valence-corrected chi connectivity index (χ3v) is 7.61. The molecule has 1 amide bonds. The van der Waals surface area contributed by atoms with Gasteiger partial charge in [0.15, 0.2) is 15.7 Å². The van der Waals surface area contributed by atoms with Crippen LogP contribution in [-0.4, -0.2) is 69.0 Å². The fourth-order valence-electron chi connectivity index (χ4n) is 2.82. The Morgan fingerprint density at radius 1 is 1.29 bits per heavy atom. The highest BCUT2D eigenvalue weighted by molar-refractivity contribution is 7.92. The number of hydroxylamine groups is 4. The molecule has 0 unspecified atom stereocenters. The third-order valence-electron chi connectivity index (χ3n) is 4.22. The number of sulfone groups is 1. The van der Waals surface area contributed by atoms with E-state index in [4.69, 9.17) is 10.0 Å². The van der Waals surface area contributed by atoms with E-state index in [-0.39, 0.29) is 29.3 Å². The lowest BCUT2D eigenvalue weighted by atomic mass is 10.3. The van der Waals surface area contributed by atoms with Crippen molar-refractivity contribution in [2.24, 2.45) is 0 Å². The number of carbonyl (C=O) groups excluding carboxylic acids is 1. The Labute approximate surface area is 165 Å². The highest BCUT2D eigenvalue weighted by atomic mass is 32.2. The van der Waals surface area contributed by atoms with Crippen molar-refractivity contribution in [3.05, 3.63) is 30.3 Å². The molecule has 0 radical (unpaired) electrons. The first-order valence-electron chi connectivity index (χ1n) is 8.79. The number of rotatable bonds is 11. The lowest BCUT2D eigenvalue weighted by Crippen LogP contribution is -2.47. The molecule has 1 aliphatic heterocycles. The maximum absolute atomic E-state index is 12.9. The SMILES string of the molecule is CCCCON1C[C@@H](S(=O)(=O)c2ccccc2)C[C@H]1NS(=O)(=O)CN(O)C=O. The fraction of sp³-hybridized carbons (Fsp3) is 0.562. The van der Waals surface area contributed by atoms with E-state index in [9.17, 15) is 21.6 Å². The molecule has 1 aromatic rings. The van der Waals surface area contributed by atoms with E-state index in [0.29, 0.717) is 6.61 Å². The summed E-state index contributed by atoms with van der Waals surface area (Å²) in [6.07, 6.45) is 0.572. The van der Waals surface area contributed by atoms with E-state index < -0.39 is 37.2 Å². The van der Waals surface area contributed by atoms with Gasteiger partial charge in [-0.2, -0.15) is 9.79 Å². The molecule has 10 nitrogen and oxygen atoms in total. The zero-order chi connectivity index (χ0) is 20.8. The van der Waals surface area contributed by atoms with Gasteiger partial charge >= 0.3 is 0 Å². The summed E-state index contributed by atoms with van der Waals surface area (Å²) in [5, 5.41) is 9.56. The maximum Gasteiger partial charge on any atom is 0.234 e. The first kappa shape index (κ1) is 22.7. The van der Waals surface area contributed by atoms with Gasteiger partial charge in [0.1, 0.15) is 0 Å². The van der Waals surface area contributed by atoms with Gasteiger partial charge in [0.05, 0.1) is 22.9 Å². The van der Waals surface area contributed by atoms with Gasteiger partial charge in [0.25, 0.3) is 0 Å². The summed E-state index contributed by atoms with van der Waals surface area (Å²) in [5.41, 5.74) is 0. The third kappa shape index (κ3) is 5.96. The fourth-order valence-corrected chi connectivity index (χ4v) is 5.63. The van der Waals surface area contributed by atoms with Crippen LogP contribution in [0.25, 0.3) is 0 Å². The van der Waals surface area contributed by atoms with E-state index in [1.165, 1.54) is 17.2 Å². The van der Waals surface area contributed by atoms with Gasteiger partial charge in [-0.05, 0) is 25.0 Å².